The van der Waals surface area contributed by atoms with E-state index in [0.29, 0.717) is 5.25 Å². The summed E-state index contributed by atoms with van der Waals surface area (Å²) >= 11 is 1.94. The van der Waals surface area contributed by atoms with Crippen molar-refractivity contribution in [3.63, 3.8) is 0 Å². The van der Waals surface area contributed by atoms with Crippen molar-refractivity contribution in [1.82, 2.24) is 4.57 Å². The molecule has 0 saturated carbocycles. The van der Waals surface area contributed by atoms with E-state index >= 15 is 0 Å². The van der Waals surface area contributed by atoms with Crippen LogP contribution in [0.15, 0.2) is 59.9 Å². The van der Waals surface area contributed by atoms with Crippen LogP contribution in [0.3, 0.4) is 0 Å². The Kier molecular flexibility index (Phi) is 3.85. The van der Waals surface area contributed by atoms with E-state index < -0.39 is 0 Å². The van der Waals surface area contributed by atoms with Crippen molar-refractivity contribution in [3.05, 3.63) is 60.3 Å². The molecule has 1 aromatic heterocycles. The topological polar surface area (TPSA) is 18.0 Å². The maximum absolute atomic E-state index is 5.28. The molecule has 1 unspecified atom stereocenters. The van der Waals surface area contributed by atoms with Gasteiger partial charge >= 0.3 is 5.16 Å². The third-order valence-electron chi connectivity index (χ3n) is 4.42. The Hall–Kier alpha value is -2.20. The van der Waals surface area contributed by atoms with E-state index in [-0.39, 0.29) is 0 Å². The van der Waals surface area contributed by atoms with E-state index in [4.69, 9.17) is 4.74 Å². The van der Waals surface area contributed by atoms with Crippen molar-refractivity contribution in [1.29, 1.82) is 0 Å². The van der Waals surface area contributed by atoms with Gasteiger partial charge < -0.3 is 4.74 Å². The highest BCUT2D eigenvalue weighted by molar-refractivity contribution is 7.99. The highest BCUT2D eigenvalue weighted by atomic mass is 32.2. The maximum Gasteiger partial charge on any atom is 0.324 e. The summed E-state index contributed by atoms with van der Waals surface area (Å²) in [5.74, 6) is 0.884. The van der Waals surface area contributed by atoms with E-state index in [1.807, 2.05) is 23.9 Å². The molecule has 0 fully saturated rings. The molecule has 4 rings (SSSR count). The standard InChI is InChI=1S/C20H21N2OS/c1-14-4-6-16(7-5-14)19-13-21(20-22(19)12-15(2)24-20)17-8-10-18(23-3)11-9-17/h4-11,13,15H,12H2,1-3H3/q+1. The molecular formula is C20H21N2OS+. The lowest BCUT2D eigenvalue weighted by molar-refractivity contribution is -0.715. The fraction of sp³-hybridized carbons (Fsp3) is 0.250. The van der Waals surface area contributed by atoms with Crippen LogP contribution in [0.25, 0.3) is 16.9 Å². The molecule has 0 aliphatic carbocycles. The first kappa shape index (κ1) is 15.3. The molecule has 4 heteroatoms. The fourth-order valence-electron chi connectivity index (χ4n) is 3.13. The SMILES string of the molecule is COc1ccc(-n2cc(-c3ccc(C)cc3)[n+]3c2SC(C)C3)cc1. The minimum absolute atomic E-state index is 0.592. The van der Waals surface area contributed by atoms with E-state index in [9.17, 15) is 0 Å². The lowest BCUT2D eigenvalue weighted by atomic mass is 10.1. The van der Waals surface area contributed by atoms with Gasteiger partial charge in [-0.2, -0.15) is 4.57 Å². The van der Waals surface area contributed by atoms with Crippen molar-refractivity contribution in [2.24, 2.45) is 0 Å². The Bertz CT molecular complexity index is 866. The molecule has 0 saturated heterocycles. The highest BCUT2D eigenvalue weighted by Gasteiger charge is 2.34. The van der Waals surface area contributed by atoms with Gasteiger partial charge in [0, 0.05) is 5.56 Å². The van der Waals surface area contributed by atoms with Crippen LogP contribution in [0.5, 0.6) is 5.75 Å². The summed E-state index contributed by atoms with van der Waals surface area (Å²) in [6, 6.07) is 17.0. The normalized spacial score (nSPS) is 16.2. The number of fused-ring (bicyclic) bond motifs is 1. The van der Waals surface area contributed by atoms with Crippen LogP contribution in [-0.4, -0.2) is 16.9 Å². The van der Waals surface area contributed by atoms with Gasteiger partial charge in [-0.3, -0.25) is 0 Å². The number of methoxy groups -OCH3 is 1. The number of benzene rings is 2. The number of rotatable bonds is 3. The van der Waals surface area contributed by atoms with Gasteiger partial charge in [-0.25, -0.2) is 4.57 Å². The molecule has 24 heavy (non-hydrogen) atoms. The van der Waals surface area contributed by atoms with Crippen LogP contribution >= 0.6 is 11.8 Å². The highest BCUT2D eigenvalue weighted by Crippen LogP contribution is 2.33. The van der Waals surface area contributed by atoms with Crippen LogP contribution in [0.1, 0.15) is 12.5 Å². The first-order valence-electron chi connectivity index (χ1n) is 8.19. The van der Waals surface area contributed by atoms with Crippen molar-refractivity contribution in [3.8, 4) is 22.7 Å². The minimum Gasteiger partial charge on any atom is -0.497 e. The van der Waals surface area contributed by atoms with Crippen LogP contribution in [0.4, 0.5) is 0 Å². The first-order chi connectivity index (χ1) is 11.7. The molecule has 1 aliphatic heterocycles. The number of imidazole rings is 1. The number of thioether (sulfide) groups is 1. The summed E-state index contributed by atoms with van der Waals surface area (Å²) in [6.07, 6.45) is 2.25. The number of aromatic nitrogens is 2. The molecule has 3 aromatic rings. The Labute approximate surface area is 146 Å². The summed E-state index contributed by atoms with van der Waals surface area (Å²) in [7, 11) is 1.70. The van der Waals surface area contributed by atoms with Gasteiger partial charge in [-0.15, -0.1) is 0 Å². The zero-order chi connectivity index (χ0) is 16.7. The number of hydrogen-bond donors (Lipinski definition) is 0. The maximum atomic E-state index is 5.28. The van der Waals surface area contributed by atoms with Crippen LogP contribution in [0, 0.1) is 6.92 Å². The predicted molar refractivity (Wildman–Crippen MR) is 98.0 cm³/mol. The Morgan fingerprint density at radius 1 is 1.08 bits per heavy atom. The van der Waals surface area contributed by atoms with Crippen molar-refractivity contribution < 1.29 is 9.30 Å². The molecule has 122 valence electrons. The molecule has 0 amide bonds. The number of aryl methyl sites for hydroxylation is 1. The average molecular weight is 337 g/mol. The first-order valence-corrected chi connectivity index (χ1v) is 9.07. The molecular weight excluding hydrogens is 316 g/mol. The summed E-state index contributed by atoms with van der Waals surface area (Å²) in [5, 5.41) is 1.89. The summed E-state index contributed by atoms with van der Waals surface area (Å²) in [5.41, 5.74) is 5.00. The molecule has 0 bridgehead atoms. The van der Waals surface area contributed by atoms with Crippen molar-refractivity contribution in [2.45, 2.75) is 30.8 Å². The Morgan fingerprint density at radius 2 is 1.79 bits per heavy atom. The second-order valence-corrected chi connectivity index (χ2v) is 7.68. The lowest BCUT2D eigenvalue weighted by Gasteiger charge is -2.02. The largest absolute Gasteiger partial charge is 0.497 e. The van der Waals surface area contributed by atoms with Crippen LogP contribution in [-0.2, 0) is 6.54 Å². The van der Waals surface area contributed by atoms with E-state index in [2.05, 4.69) is 65.6 Å². The zero-order valence-corrected chi connectivity index (χ0v) is 15.0. The number of ether oxygens (including phenoxy) is 1. The summed E-state index contributed by atoms with van der Waals surface area (Å²) in [4.78, 5) is 0. The Morgan fingerprint density at radius 3 is 2.46 bits per heavy atom. The van der Waals surface area contributed by atoms with Gasteiger partial charge in [0.1, 0.15) is 24.2 Å². The monoisotopic (exact) mass is 337 g/mol. The third-order valence-corrected chi connectivity index (χ3v) is 5.60. The summed E-state index contributed by atoms with van der Waals surface area (Å²) < 4.78 is 10.0. The molecule has 1 aliphatic rings. The molecule has 2 heterocycles. The van der Waals surface area contributed by atoms with Crippen molar-refractivity contribution >= 4 is 11.8 Å². The summed E-state index contributed by atoms with van der Waals surface area (Å²) in [6.45, 7) is 5.46. The van der Waals surface area contributed by atoms with Gasteiger partial charge in [0.15, 0.2) is 5.69 Å². The molecule has 3 nitrogen and oxygen atoms in total. The van der Waals surface area contributed by atoms with Crippen molar-refractivity contribution in [2.75, 3.05) is 7.11 Å². The predicted octanol–water partition coefficient (Wildman–Crippen LogP) is 4.24. The van der Waals surface area contributed by atoms with Crippen LogP contribution in [0.2, 0.25) is 0 Å². The van der Waals surface area contributed by atoms with Crippen LogP contribution < -0.4 is 9.30 Å². The quantitative estimate of drug-likeness (QED) is 0.665. The lowest BCUT2D eigenvalue weighted by Crippen LogP contribution is -2.35. The molecule has 0 radical (unpaired) electrons. The second-order valence-electron chi connectivity index (χ2n) is 6.27. The van der Waals surface area contributed by atoms with Gasteiger partial charge in [-0.05, 0) is 49.9 Å². The van der Waals surface area contributed by atoms with Gasteiger partial charge in [0.05, 0.1) is 12.4 Å². The number of hydrogen-bond acceptors (Lipinski definition) is 2. The number of nitrogens with zero attached hydrogens (tertiary/aromatic N) is 2. The third kappa shape index (κ3) is 2.61. The molecule has 1 atom stereocenters. The molecule has 0 spiro atoms. The minimum atomic E-state index is 0.592. The molecule has 2 aromatic carbocycles. The second kappa shape index (κ2) is 6.02. The Balaban J connectivity index is 1.83. The van der Waals surface area contributed by atoms with Gasteiger partial charge in [0.2, 0.25) is 0 Å². The van der Waals surface area contributed by atoms with E-state index in [1.54, 1.807) is 7.11 Å². The fourth-order valence-corrected chi connectivity index (χ4v) is 4.29. The van der Waals surface area contributed by atoms with Gasteiger partial charge in [-0.1, -0.05) is 29.8 Å². The molecule has 0 N–H and O–H groups in total. The average Bonchev–Trinajstić information content (AvgIpc) is 3.13. The van der Waals surface area contributed by atoms with Gasteiger partial charge in [0.25, 0.3) is 0 Å². The zero-order valence-electron chi connectivity index (χ0n) is 14.2. The van der Waals surface area contributed by atoms with E-state index in [0.717, 1.165) is 12.3 Å². The van der Waals surface area contributed by atoms with E-state index in [1.165, 1.54) is 27.7 Å². The smallest absolute Gasteiger partial charge is 0.324 e.